The Bertz CT molecular complexity index is 421. The lowest BCUT2D eigenvalue weighted by Gasteiger charge is -2.27. The number of allylic oxidation sites excluding steroid dienone is 2. The number of hydrogen-bond acceptors (Lipinski definition) is 4. The monoisotopic (exact) mass is 282 g/mol. The molecule has 2 aliphatic rings. The third kappa shape index (κ3) is 5.74. The van der Waals surface area contributed by atoms with Crippen LogP contribution in [0, 0.1) is 5.41 Å². The van der Waals surface area contributed by atoms with E-state index in [-0.39, 0.29) is 34.5 Å². The smallest absolute Gasteiger partial charge is 0.235 e. The van der Waals surface area contributed by atoms with E-state index in [2.05, 4.69) is 36.7 Å². The molecule has 0 spiro atoms. The molecule has 2 amide bonds. The summed E-state index contributed by atoms with van der Waals surface area (Å²) in [6.45, 7) is 6.31. The Morgan fingerprint density at radius 2 is 1.63 bits per heavy atom. The van der Waals surface area contributed by atoms with E-state index in [1.165, 1.54) is 5.57 Å². The summed E-state index contributed by atoms with van der Waals surface area (Å²) < 4.78 is 0. The second kappa shape index (κ2) is 6.06. The van der Waals surface area contributed by atoms with E-state index in [1.807, 2.05) is 6.92 Å². The molecule has 0 unspecified atom stereocenters. The Balaban J connectivity index is 0.000000191. The van der Waals surface area contributed by atoms with Crippen molar-refractivity contribution >= 4 is 34.9 Å². The molecule has 0 saturated carbocycles. The zero-order valence-electron chi connectivity index (χ0n) is 11.3. The molecule has 0 aromatic carbocycles. The van der Waals surface area contributed by atoms with Crippen molar-refractivity contribution in [1.82, 2.24) is 10.6 Å². The van der Waals surface area contributed by atoms with Crippen molar-refractivity contribution in [1.29, 1.82) is 0 Å². The van der Waals surface area contributed by atoms with Crippen LogP contribution in [-0.2, 0) is 14.4 Å². The second-order valence-electron chi connectivity index (χ2n) is 5.58. The van der Waals surface area contributed by atoms with Crippen LogP contribution in [0.1, 0.15) is 40.0 Å². The molecule has 5 nitrogen and oxygen atoms in total. The summed E-state index contributed by atoms with van der Waals surface area (Å²) in [6.07, 6.45) is 3.43. The molecule has 1 aliphatic heterocycles. The number of ketones is 1. The first-order chi connectivity index (χ1) is 8.68. The third-order valence-corrected chi connectivity index (χ3v) is 2.85. The summed E-state index contributed by atoms with van der Waals surface area (Å²) in [7, 11) is 0. The maximum atomic E-state index is 11.0. The summed E-state index contributed by atoms with van der Waals surface area (Å²) in [5, 5.41) is 4.63. The molecule has 0 aromatic heterocycles. The first-order valence-electron chi connectivity index (χ1n) is 6.02. The minimum absolute atomic E-state index is 0.0938. The minimum atomic E-state index is -0.344. The lowest BCUT2D eigenvalue weighted by Crippen LogP contribution is -2.49. The minimum Gasteiger partial charge on any atom is -0.302 e. The fourth-order valence-corrected chi connectivity index (χ4v) is 2.41. The van der Waals surface area contributed by atoms with Gasteiger partial charge in [-0.25, -0.2) is 0 Å². The van der Waals surface area contributed by atoms with Crippen LogP contribution in [0.2, 0.25) is 0 Å². The molecule has 0 bridgehead atoms. The number of amides is 2. The van der Waals surface area contributed by atoms with Crippen molar-refractivity contribution in [2.24, 2.45) is 5.41 Å². The summed E-state index contributed by atoms with van der Waals surface area (Å²) in [5.74, 6) is -0.402. The first-order valence-corrected chi connectivity index (χ1v) is 6.42. The van der Waals surface area contributed by atoms with Crippen LogP contribution >= 0.6 is 12.2 Å². The van der Waals surface area contributed by atoms with E-state index in [1.54, 1.807) is 6.08 Å². The largest absolute Gasteiger partial charge is 0.302 e. The lowest BCUT2D eigenvalue weighted by atomic mass is 9.77. The average molecular weight is 282 g/mol. The quantitative estimate of drug-likeness (QED) is 0.517. The number of hydrogen-bond donors (Lipinski definition) is 2. The van der Waals surface area contributed by atoms with E-state index >= 15 is 0 Å². The molecule has 6 heteroatoms. The predicted octanol–water partition coefficient (Wildman–Crippen LogP) is 1.23. The van der Waals surface area contributed by atoms with Gasteiger partial charge in [-0.1, -0.05) is 19.4 Å². The number of carbonyl (C=O) groups is 3. The fourth-order valence-electron chi connectivity index (χ4n) is 2.18. The fraction of sp³-hybridized carbons (Fsp3) is 0.538. The van der Waals surface area contributed by atoms with Crippen LogP contribution in [-0.4, -0.2) is 22.7 Å². The predicted molar refractivity (Wildman–Crippen MR) is 75.3 cm³/mol. The maximum absolute atomic E-state index is 11.0. The molecule has 2 N–H and O–H groups in total. The molecule has 19 heavy (non-hydrogen) atoms. The van der Waals surface area contributed by atoms with Crippen molar-refractivity contribution < 1.29 is 14.4 Å². The number of carbonyl (C=O) groups excluding carboxylic acids is 3. The zero-order chi connectivity index (χ0) is 14.6. The molecule has 0 aromatic rings. The molecule has 1 heterocycles. The van der Waals surface area contributed by atoms with Gasteiger partial charge in [0.15, 0.2) is 10.9 Å². The summed E-state index contributed by atoms with van der Waals surface area (Å²) in [6, 6.07) is 0. The zero-order valence-corrected chi connectivity index (χ0v) is 12.1. The van der Waals surface area contributed by atoms with Gasteiger partial charge in [-0.15, -0.1) is 0 Å². The SMILES string of the molecule is CC1=CC(=O)CC(C)(C)C1.O=C1CC(=O)NC(=S)N1. The standard InChI is InChI=1S/C9H14O.C4H4N2O2S/c1-7-4-8(10)6-9(2,3)5-7;7-2-1-3(8)6-4(9)5-2/h4H,5-6H2,1-3H3;1H2,(H2,5,6,7,8,9). The Morgan fingerprint density at radius 3 is 2.00 bits per heavy atom. The molecule has 0 atom stereocenters. The molecule has 2 rings (SSSR count). The van der Waals surface area contributed by atoms with Gasteiger partial charge < -0.3 is 10.6 Å². The normalized spacial score (nSPS) is 21.7. The lowest BCUT2D eigenvalue weighted by molar-refractivity contribution is -0.129. The highest BCUT2D eigenvalue weighted by Gasteiger charge is 2.25. The molecular formula is C13H18N2O3S. The third-order valence-electron chi connectivity index (χ3n) is 2.64. The summed E-state index contributed by atoms with van der Waals surface area (Å²) in [4.78, 5) is 31.9. The highest BCUT2D eigenvalue weighted by Crippen LogP contribution is 2.32. The van der Waals surface area contributed by atoms with Crippen LogP contribution in [0.25, 0.3) is 0 Å². The molecule has 1 saturated heterocycles. The maximum Gasteiger partial charge on any atom is 0.235 e. The summed E-state index contributed by atoms with van der Waals surface area (Å²) >= 11 is 4.50. The second-order valence-corrected chi connectivity index (χ2v) is 5.99. The van der Waals surface area contributed by atoms with Gasteiger partial charge in [-0.2, -0.15) is 0 Å². The highest BCUT2D eigenvalue weighted by atomic mass is 32.1. The van der Waals surface area contributed by atoms with Gasteiger partial charge in [0.2, 0.25) is 11.8 Å². The topological polar surface area (TPSA) is 75.3 Å². The van der Waals surface area contributed by atoms with Crippen LogP contribution in [0.5, 0.6) is 0 Å². The molecule has 1 aliphatic carbocycles. The van der Waals surface area contributed by atoms with Gasteiger partial charge in [-0.3, -0.25) is 14.4 Å². The van der Waals surface area contributed by atoms with Crippen molar-refractivity contribution in [3.05, 3.63) is 11.6 Å². The number of nitrogens with one attached hydrogen (secondary N) is 2. The van der Waals surface area contributed by atoms with Gasteiger partial charge >= 0.3 is 0 Å². The van der Waals surface area contributed by atoms with E-state index in [4.69, 9.17) is 0 Å². The van der Waals surface area contributed by atoms with Crippen LogP contribution in [0.3, 0.4) is 0 Å². The van der Waals surface area contributed by atoms with Crippen molar-refractivity contribution in [2.45, 2.75) is 40.0 Å². The van der Waals surface area contributed by atoms with Crippen LogP contribution < -0.4 is 10.6 Å². The summed E-state index contributed by atoms with van der Waals surface area (Å²) in [5.41, 5.74) is 1.43. The Morgan fingerprint density at radius 1 is 1.11 bits per heavy atom. The Hall–Kier alpha value is -1.56. The van der Waals surface area contributed by atoms with E-state index in [9.17, 15) is 14.4 Å². The Kier molecular flexibility index (Phi) is 4.94. The first kappa shape index (κ1) is 15.5. The van der Waals surface area contributed by atoms with Crippen LogP contribution in [0.15, 0.2) is 11.6 Å². The highest BCUT2D eigenvalue weighted by molar-refractivity contribution is 7.80. The van der Waals surface area contributed by atoms with E-state index in [0.29, 0.717) is 6.42 Å². The van der Waals surface area contributed by atoms with Gasteiger partial charge in [0.25, 0.3) is 0 Å². The van der Waals surface area contributed by atoms with Crippen molar-refractivity contribution in [3.8, 4) is 0 Å². The van der Waals surface area contributed by atoms with Crippen molar-refractivity contribution in [3.63, 3.8) is 0 Å². The average Bonchev–Trinajstić information content (AvgIpc) is 2.10. The van der Waals surface area contributed by atoms with Gasteiger partial charge in [-0.05, 0) is 37.1 Å². The number of thiocarbonyl (C=S) groups is 1. The molecular weight excluding hydrogens is 264 g/mol. The van der Waals surface area contributed by atoms with E-state index in [0.717, 1.165) is 6.42 Å². The molecule has 104 valence electrons. The van der Waals surface area contributed by atoms with Crippen LogP contribution in [0.4, 0.5) is 0 Å². The van der Waals surface area contributed by atoms with Gasteiger partial charge in [0, 0.05) is 6.42 Å². The molecule has 1 fully saturated rings. The van der Waals surface area contributed by atoms with Crippen molar-refractivity contribution in [2.75, 3.05) is 0 Å². The van der Waals surface area contributed by atoms with Gasteiger partial charge in [0.1, 0.15) is 6.42 Å². The van der Waals surface area contributed by atoms with E-state index < -0.39 is 0 Å². The number of rotatable bonds is 0. The Labute approximate surface area is 117 Å². The molecule has 0 radical (unpaired) electrons. The van der Waals surface area contributed by atoms with Gasteiger partial charge in [0.05, 0.1) is 0 Å².